The molecule has 5 nitrogen and oxygen atoms in total. The molecule has 1 aromatic rings. The molecular formula is C8H8BrN3O2. The molecule has 0 N–H and O–H groups in total. The van der Waals surface area contributed by atoms with Gasteiger partial charge in [-0.1, -0.05) is 0 Å². The minimum Gasteiger partial charge on any atom is -0.461 e. The van der Waals surface area contributed by atoms with Crippen molar-refractivity contribution in [3.8, 4) is 6.07 Å². The number of carbonyl (C=O) groups excluding carboxylic acids is 1. The van der Waals surface area contributed by atoms with Crippen molar-refractivity contribution >= 4 is 21.9 Å². The lowest BCUT2D eigenvalue weighted by Crippen LogP contribution is -2.07. The summed E-state index contributed by atoms with van der Waals surface area (Å²) in [5, 5.41) is 8.79. The first-order valence-electron chi connectivity index (χ1n) is 3.91. The van der Waals surface area contributed by atoms with Crippen molar-refractivity contribution in [1.29, 1.82) is 5.26 Å². The van der Waals surface area contributed by atoms with E-state index in [-0.39, 0.29) is 18.0 Å². The fourth-order valence-corrected chi connectivity index (χ4v) is 1.30. The van der Waals surface area contributed by atoms with Crippen LogP contribution in [0.3, 0.4) is 0 Å². The number of esters is 1. The summed E-state index contributed by atoms with van der Waals surface area (Å²) < 4.78 is 6.66. The molecule has 14 heavy (non-hydrogen) atoms. The summed E-state index contributed by atoms with van der Waals surface area (Å²) in [5.41, 5.74) is 0.235. The number of hydrogen-bond donors (Lipinski definition) is 0. The van der Waals surface area contributed by atoms with Gasteiger partial charge in [-0.2, -0.15) is 5.26 Å². The Hall–Kier alpha value is -1.35. The Morgan fingerprint density at radius 2 is 2.43 bits per heavy atom. The minimum absolute atomic E-state index is 0.0451. The number of nitrogens with zero attached hydrogens (tertiary/aromatic N) is 3. The predicted molar refractivity (Wildman–Crippen MR) is 51.6 cm³/mol. The first-order chi connectivity index (χ1) is 6.61. The third-order valence-electron chi connectivity index (χ3n) is 1.62. The number of ether oxygens (including phenoxy) is 1. The second-order valence-corrected chi connectivity index (χ2v) is 3.18. The van der Waals surface area contributed by atoms with Crippen molar-refractivity contribution in [2.75, 3.05) is 6.61 Å². The van der Waals surface area contributed by atoms with Gasteiger partial charge in [0.1, 0.15) is 6.07 Å². The van der Waals surface area contributed by atoms with Gasteiger partial charge < -0.3 is 9.30 Å². The predicted octanol–water partition coefficient (Wildman–Crippen LogP) is 1.23. The van der Waals surface area contributed by atoms with E-state index in [2.05, 4.69) is 20.9 Å². The topological polar surface area (TPSA) is 67.9 Å². The Bertz CT molecular complexity index is 405. The third kappa shape index (κ3) is 1.77. The standard InChI is InChI=1S/C8H8BrN3O2/c1-3-14-7(13)6-5(4-10)12(2)8(9)11-6/h3H2,1-2H3. The Balaban J connectivity index is 3.16. The molecular weight excluding hydrogens is 250 g/mol. The van der Waals surface area contributed by atoms with Gasteiger partial charge in [-0.15, -0.1) is 0 Å². The van der Waals surface area contributed by atoms with Gasteiger partial charge in [-0.25, -0.2) is 9.78 Å². The van der Waals surface area contributed by atoms with Gasteiger partial charge in [0.15, 0.2) is 16.1 Å². The molecule has 0 radical (unpaired) electrons. The molecule has 6 heteroatoms. The molecule has 74 valence electrons. The van der Waals surface area contributed by atoms with Crippen LogP contribution in [0.15, 0.2) is 4.73 Å². The highest BCUT2D eigenvalue weighted by Crippen LogP contribution is 2.15. The normalized spacial score (nSPS) is 9.57. The van der Waals surface area contributed by atoms with Gasteiger partial charge >= 0.3 is 5.97 Å². The molecule has 0 amide bonds. The van der Waals surface area contributed by atoms with E-state index in [1.54, 1.807) is 14.0 Å². The molecule has 0 spiro atoms. The van der Waals surface area contributed by atoms with E-state index in [0.29, 0.717) is 4.73 Å². The number of halogens is 1. The largest absolute Gasteiger partial charge is 0.461 e. The fraction of sp³-hybridized carbons (Fsp3) is 0.375. The Kier molecular flexibility index (Phi) is 3.25. The van der Waals surface area contributed by atoms with E-state index < -0.39 is 5.97 Å². The van der Waals surface area contributed by atoms with Crippen LogP contribution in [-0.4, -0.2) is 22.1 Å². The summed E-state index contributed by atoms with van der Waals surface area (Å²) in [6.07, 6.45) is 0. The highest BCUT2D eigenvalue weighted by molar-refractivity contribution is 9.10. The van der Waals surface area contributed by atoms with Crippen LogP contribution >= 0.6 is 15.9 Å². The molecule has 0 bridgehead atoms. The molecule has 0 aliphatic carbocycles. The maximum Gasteiger partial charge on any atom is 0.360 e. The molecule has 1 rings (SSSR count). The molecule has 0 aliphatic heterocycles. The van der Waals surface area contributed by atoms with E-state index >= 15 is 0 Å². The SMILES string of the molecule is CCOC(=O)c1nc(Br)n(C)c1C#N. The van der Waals surface area contributed by atoms with Gasteiger partial charge in [-0.05, 0) is 22.9 Å². The molecule has 0 saturated carbocycles. The van der Waals surface area contributed by atoms with E-state index in [0.717, 1.165) is 0 Å². The highest BCUT2D eigenvalue weighted by Gasteiger charge is 2.20. The van der Waals surface area contributed by atoms with Gasteiger partial charge in [-0.3, -0.25) is 0 Å². The summed E-state index contributed by atoms with van der Waals surface area (Å²) in [4.78, 5) is 15.2. The minimum atomic E-state index is -0.578. The van der Waals surface area contributed by atoms with Crippen molar-refractivity contribution in [1.82, 2.24) is 9.55 Å². The molecule has 0 fully saturated rings. The van der Waals surface area contributed by atoms with E-state index in [1.165, 1.54) is 4.57 Å². The zero-order valence-electron chi connectivity index (χ0n) is 7.74. The number of aromatic nitrogens is 2. The molecule has 0 atom stereocenters. The maximum absolute atomic E-state index is 11.3. The van der Waals surface area contributed by atoms with Crippen LogP contribution in [0.25, 0.3) is 0 Å². The molecule has 0 unspecified atom stereocenters. The molecule has 0 aromatic carbocycles. The molecule has 0 saturated heterocycles. The zero-order valence-corrected chi connectivity index (χ0v) is 9.33. The van der Waals surface area contributed by atoms with Crippen LogP contribution in [0.2, 0.25) is 0 Å². The quantitative estimate of drug-likeness (QED) is 0.748. The second-order valence-electron chi connectivity index (χ2n) is 2.47. The van der Waals surface area contributed by atoms with Crippen LogP contribution < -0.4 is 0 Å². The number of hydrogen-bond acceptors (Lipinski definition) is 4. The summed E-state index contributed by atoms with van der Waals surface area (Å²) in [6.45, 7) is 1.96. The first-order valence-corrected chi connectivity index (χ1v) is 4.70. The van der Waals surface area contributed by atoms with Crippen LogP contribution in [0, 0.1) is 11.3 Å². The molecule has 0 aliphatic rings. The van der Waals surface area contributed by atoms with Crippen molar-refractivity contribution in [2.24, 2.45) is 7.05 Å². The monoisotopic (exact) mass is 257 g/mol. The summed E-state index contributed by atoms with van der Waals surface area (Å²) in [6, 6.07) is 1.89. The smallest absolute Gasteiger partial charge is 0.360 e. The first kappa shape index (κ1) is 10.7. The van der Waals surface area contributed by atoms with Crippen LogP contribution in [0.5, 0.6) is 0 Å². The average Bonchev–Trinajstić information content (AvgIpc) is 2.44. The van der Waals surface area contributed by atoms with Crippen molar-refractivity contribution in [3.63, 3.8) is 0 Å². The highest BCUT2D eigenvalue weighted by atomic mass is 79.9. The molecule has 1 aromatic heterocycles. The Morgan fingerprint density at radius 1 is 1.79 bits per heavy atom. The number of nitriles is 1. The molecule has 1 heterocycles. The van der Waals surface area contributed by atoms with Crippen molar-refractivity contribution in [2.45, 2.75) is 6.92 Å². The Labute approximate surface area is 89.4 Å². The van der Waals surface area contributed by atoms with Crippen LogP contribution in [0.1, 0.15) is 23.1 Å². The maximum atomic E-state index is 11.3. The number of imidazole rings is 1. The summed E-state index contributed by atoms with van der Waals surface area (Å²) in [7, 11) is 1.64. The lowest BCUT2D eigenvalue weighted by Gasteiger charge is -1.97. The fourth-order valence-electron chi connectivity index (χ4n) is 0.941. The van der Waals surface area contributed by atoms with Gasteiger partial charge in [0.2, 0.25) is 0 Å². The van der Waals surface area contributed by atoms with E-state index in [9.17, 15) is 4.79 Å². The van der Waals surface area contributed by atoms with Crippen LogP contribution in [0.4, 0.5) is 0 Å². The van der Waals surface area contributed by atoms with Gasteiger partial charge in [0.05, 0.1) is 6.61 Å². The van der Waals surface area contributed by atoms with Crippen molar-refractivity contribution in [3.05, 3.63) is 16.1 Å². The average molecular weight is 258 g/mol. The number of carbonyl (C=O) groups is 1. The van der Waals surface area contributed by atoms with E-state index in [4.69, 9.17) is 10.00 Å². The Morgan fingerprint density at radius 3 is 2.93 bits per heavy atom. The lowest BCUT2D eigenvalue weighted by molar-refractivity contribution is 0.0519. The van der Waals surface area contributed by atoms with Gasteiger partial charge in [0.25, 0.3) is 0 Å². The lowest BCUT2D eigenvalue weighted by atomic mass is 10.3. The van der Waals surface area contributed by atoms with Gasteiger partial charge in [0, 0.05) is 7.05 Å². The summed E-state index contributed by atoms with van der Waals surface area (Å²) in [5.74, 6) is -0.578. The number of rotatable bonds is 2. The summed E-state index contributed by atoms with van der Waals surface area (Å²) >= 11 is 3.12. The third-order valence-corrected chi connectivity index (χ3v) is 2.32. The second kappa shape index (κ2) is 4.24. The van der Waals surface area contributed by atoms with E-state index in [1.807, 2.05) is 6.07 Å². The zero-order chi connectivity index (χ0) is 10.7. The van der Waals surface area contributed by atoms with Crippen LogP contribution in [-0.2, 0) is 11.8 Å². The van der Waals surface area contributed by atoms with Crippen molar-refractivity contribution < 1.29 is 9.53 Å².